The third-order valence-electron chi connectivity index (χ3n) is 3.30. The van der Waals surface area contributed by atoms with Gasteiger partial charge in [0, 0.05) is 13.5 Å². The highest BCUT2D eigenvalue weighted by Gasteiger charge is 2.07. The van der Waals surface area contributed by atoms with Crippen LogP contribution in [0.3, 0.4) is 0 Å². The van der Waals surface area contributed by atoms with Gasteiger partial charge in [0.25, 0.3) is 0 Å². The van der Waals surface area contributed by atoms with Crippen molar-refractivity contribution in [3.8, 4) is 11.8 Å². The van der Waals surface area contributed by atoms with E-state index in [0.29, 0.717) is 23.4 Å². The van der Waals surface area contributed by atoms with Crippen LogP contribution in [0, 0.1) is 11.3 Å². The second kappa shape index (κ2) is 9.08. The fraction of sp³-hybridized carbons (Fsp3) is 0.211. The van der Waals surface area contributed by atoms with Crippen LogP contribution in [0.5, 0.6) is 5.75 Å². The van der Waals surface area contributed by atoms with Crippen molar-refractivity contribution in [1.29, 1.82) is 5.26 Å². The van der Waals surface area contributed by atoms with Gasteiger partial charge >= 0.3 is 5.97 Å². The van der Waals surface area contributed by atoms with Crippen molar-refractivity contribution < 1.29 is 19.1 Å². The average Bonchev–Trinajstić information content (AvgIpc) is 2.64. The van der Waals surface area contributed by atoms with Gasteiger partial charge in [-0.3, -0.25) is 4.79 Å². The number of benzene rings is 2. The molecule has 0 aliphatic heterocycles. The molecule has 0 spiro atoms. The van der Waals surface area contributed by atoms with Gasteiger partial charge in [0.15, 0.2) is 0 Å². The molecule has 2 aromatic rings. The molecular formula is C19H18N2O4. The molecule has 2 aromatic carbocycles. The van der Waals surface area contributed by atoms with E-state index >= 15 is 0 Å². The van der Waals surface area contributed by atoms with Gasteiger partial charge in [0.05, 0.1) is 17.2 Å². The maximum atomic E-state index is 11.9. The smallest absolute Gasteiger partial charge is 0.338 e. The zero-order valence-electron chi connectivity index (χ0n) is 13.8. The molecule has 6 nitrogen and oxygen atoms in total. The van der Waals surface area contributed by atoms with Crippen LogP contribution in [0.15, 0.2) is 48.5 Å². The second-order valence-electron chi connectivity index (χ2n) is 5.23. The van der Waals surface area contributed by atoms with Gasteiger partial charge in [-0.2, -0.15) is 5.26 Å². The third-order valence-corrected chi connectivity index (χ3v) is 3.30. The van der Waals surface area contributed by atoms with Crippen molar-refractivity contribution in [1.82, 2.24) is 5.32 Å². The van der Waals surface area contributed by atoms with E-state index in [1.165, 1.54) is 6.92 Å². The van der Waals surface area contributed by atoms with E-state index in [0.717, 1.165) is 5.56 Å². The van der Waals surface area contributed by atoms with Crippen molar-refractivity contribution in [3.05, 3.63) is 65.2 Å². The summed E-state index contributed by atoms with van der Waals surface area (Å²) >= 11 is 0. The SMILES string of the molecule is CC(=O)NCc1ccc(C(=O)OCCOc2ccc(C#N)cc2)cc1. The highest BCUT2D eigenvalue weighted by atomic mass is 16.6. The maximum absolute atomic E-state index is 11.9. The number of amides is 1. The first-order valence-electron chi connectivity index (χ1n) is 7.72. The Hall–Kier alpha value is -3.33. The highest BCUT2D eigenvalue weighted by molar-refractivity contribution is 5.89. The Morgan fingerprint density at radius 3 is 2.32 bits per heavy atom. The van der Waals surface area contributed by atoms with Crippen molar-refractivity contribution >= 4 is 11.9 Å². The summed E-state index contributed by atoms with van der Waals surface area (Å²) in [4.78, 5) is 22.8. The Balaban J connectivity index is 1.74. The van der Waals surface area contributed by atoms with Crippen LogP contribution in [-0.2, 0) is 16.1 Å². The molecule has 2 rings (SSSR count). The summed E-state index contributed by atoms with van der Waals surface area (Å²) in [6, 6.07) is 15.6. The summed E-state index contributed by atoms with van der Waals surface area (Å²) in [5, 5.41) is 11.4. The topological polar surface area (TPSA) is 88.4 Å². The monoisotopic (exact) mass is 338 g/mol. The first kappa shape index (κ1) is 18.0. The Kier molecular flexibility index (Phi) is 6.55. The number of hydrogen-bond donors (Lipinski definition) is 1. The minimum absolute atomic E-state index is 0.106. The van der Waals surface area contributed by atoms with Gasteiger partial charge in [0.2, 0.25) is 5.91 Å². The van der Waals surface area contributed by atoms with Crippen LogP contribution >= 0.6 is 0 Å². The molecule has 0 fully saturated rings. The van der Waals surface area contributed by atoms with Gasteiger partial charge in [-0.1, -0.05) is 12.1 Å². The highest BCUT2D eigenvalue weighted by Crippen LogP contribution is 2.11. The number of esters is 1. The number of rotatable bonds is 7. The average molecular weight is 338 g/mol. The largest absolute Gasteiger partial charge is 0.490 e. The van der Waals surface area contributed by atoms with E-state index in [2.05, 4.69) is 5.32 Å². The summed E-state index contributed by atoms with van der Waals surface area (Å²) in [5.74, 6) is 0.0672. The lowest BCUT2D eigenvalue weighted by Gasteiger charge is -2.08. The first-order valence-corrected chi connectivity index (χ1v) is 7.72. The lowest BCUT2D eigenvalue weighted by atomic mass is 10.1. The lowest BCUT2D eigenvalue weighted by Crippen LogP contribution is -2.19. The van der Waals surface area contributed by atoms with Gasteiger partial charge in [0.1, 0.15) is 19.0 Å². The van der Waals surface area contributed by atoms with Crippen LogP contribution in [0.4, 0.5) is 0 Å². The number of nitrogens with zero attached hydrogens (tertiary/aromatic N) is 1. The van der Waals surface area contributed by atoms with E-state index in [-0.39, 0.29) is 19.1 Å². The molecule has 0 aliphatic rings. The molecule has 0 atom stereocenters. The minimum Gasteiger partial charge on any atom is -0.490 e. The standard InChI is InChI=1S/C19H18N2O4/c1-14(22)21-13-16-2-6-17(7-3-16)19(23)25-11-10-24-18-8-4-15(12-20)5-9-18/h2-9H,10-11,13H2,1H3,(H,21,22). The maximum Gasteiger partial charge on any atom is 0.338 e. The molecule has 0 bridgehead atoms. The summed E-state index contributed by atoms with van der Waals surface area (Å²) in [7, 11) is 0. The van der Waals surface area contributed by atoms with Gasteiger partial charge in [-0.25, -0.2) is 4.79 Å². The van der Waals surface area contributed by atoms with E-state index in [4.69, 9.17) is 14.7 Å². The molecule has 0 saturated carbocycles. The fourth-order valence-corrected chi connectivity index (χ4v) is 1.99. The number of hydrogen-bond acceptors (Lipinski definition) is 5. The number of carbonyl (C=O) groups excluding carboxylic acids is 2. The molecular weight excluding hydrogens is 320 g/mol. The summed E-state index contributed by atoms with van der Waals surface area (Å²) in [6.07, 6.45) is 0. The molecule has 128 valence electrons. The fourth-order valence-electron chi connectivity index (χ4n) is 1.99. The molecule has 25 heavy (non-hydrogen) atoms. The predicted molar refractivity (Wildman–Crippen MR) is 90.9 cm³/mol. The molecule has 0 aliphatic carbocycles. The molecule has 0 aromatic heterocycles. The second-order valence-corrected chi connectivity index (χ2v) is 5.23. The number of nitriles is 1. The third kappa shape index (κ3) is 5.99. The van der Waals surface area contributed by atoms with Crippen molar-refractivity contribution in [2.24, 2.45) is 0 Å². The predicted octanol–water partition coefficient (Wildman–Crippen LogP) is 2.43. The van der Waals surface area contributed by atoms with Crippen LogP contribution in [-0.4, -0.2) is 25.1 Å². The van der Waals surface area contributed by atoms with E-state index < -0.39 is 5.97 Å². The van der Waals surface area contributed by atoms with Crippen molar-refractivity contribution in [2.75, 3.05) is 13.2 Å². The number of carbonyl (C=O) groups is 2. The summed E-state index contributed by atoms with van der Waals surface area (Å²) in [5.41, 5.74) is 1.89. The van der Waals surface area contributed by atoms with Crippen LogP contribution in [0.1, 0.15) is 28.4 Å². The molecule has 0 heterocycles. The van der Waals surface area contributed by atoms with E-state index in [1.807, 2.05) is 6.07 Å². The van der Waals surface area contributed by atoms with Crippen LogP contribution in [0.25, 0.3) is 0 Å². The Morgan fingerprint density at radius 2 is 1.72 bits per heavy atom. The normalized spacial score (nSPS) is 9.76. The number of nitrogens with one attached hydrogen (secondary N) is 1. The Labute approximate surface area is 146 Å². The zero-order valence-corrected chi connectivity index (χ0v) is 13.8. The summed E-state index contributed by atoms with van der Waals surface area (Å²) < 4.78 is 10.6. The van der Waals surface area contributed by atoms with E-state index in [1.54, 1.807) is 48.5 Å². The van der Waals surface area contributed by atoms with Crippen molar-refractivity contribution in [2.45, 2.75) is 13.5 Å². The number of ether oxygens (including phenoxy) is 2. The van der Waals surface area contributed by atoms with E-state index in [9.17, 15) is 9.59 Å². The van der Waals surface area contributed by atoms with Gasteiger partial charge < -0.3 is 14.8 Å². The molecule has 0 radical (unpaired) electrons. The first-order chi connectivity index (χ1) is 12.1. The van der Waals surface area contributed by atoms with Crippen molar-refractivity contribution in [3.63, 3.8) is 0 Å². The lowest BCUT2D eigenvalue weighted by molar-refractivity contribution is -0.119. The molecule has 0 unspecified atom stereocenters. The Bertz CT molecular complexity index is 762. The molecule has 1 N–H and O–H groups in total. The van der Waals surface area contributed by atoms with Gasteiger partial charge in [-0.05, 0) is 42.0 Å². The summed E-state index contributed by atoms with van der Waals surface area (Å²) in [6.45, 7) is 2.21. The van der Waals surface area contributed by atoms with Crippen LogP contribution in [0.2, 0.25) is 0 Å². The molecule has 6 heteroatoms. The van der Waals surface area contributed by atoms with Gasteiger partial charge in [-0.15, -0.1) is 0 Å². The Morgan fingerprint density at radius 1 is 1.04 bits per heavy atom. The molecule has 1 amide bonds. The van der Waals surface area contributed by atoms with Crippen LogP contribution < -0.4 is 10.1 Å². The zero-order chi connectivity index (χ0) is 18.1. The minimum atomic E-state index is -0.436. The quantitative estimate of drug-likeness (QED) is 0.619. The molecule has 0 saturated heterocycles.